The van der Waals surface area contributed by atoms with Gasteiger partial charge in [-0.05, 0) is 73.8 Å². The van der Waals surface area contributed by atoms with Gasteiger partial charge in [-0.25, -0.2) is 0 Å². The zero-order valence-electron chi connectivity index (χ0n) is 17.9. The second-order valence-electron chi connectivity index (χ2n) is 11.2. The van der Waals surface area contributed by atoms with Crippen LogP contribution in [0.2, 0.25) is 0 Å². The molecule has 4 bridgehead atoms. The van der Waals surface area contributed by atoms with Crippen LogP contribution < -0.4 is 4.90 Å². The molecule has 5 fully saturated rings. The Balaban J connectivity index is 1.35. The second kappa shape index (κ2) is 6.49. The van der Waals surface area contributed by atoms with E-state index in [1.54, 1.807) is 0 Å². The highest BCUT2D eigenvalue weighted by atomic mass is 16.2. The van der Waals surface area contributed by atoms with Crippen LogP contribution in [0, 0.1) is 33.5 Å². The number of carbonyl (C=O) groups excluding carboxylic acids is 1. The predicted octanol–water partition coefficient (Wildman–Crippen LogP) is 4.59. The average Bonchev–Trinajstić information content (AvgIpc) is 2.90. The number of hydrogen-bond donors (Lipinski definition) is 0. The van der Waals surface area contributed by atoms with Gasteiger partial charge in [0.25, 0.3) is 0 Å². The highest BCUT2D eigenvalue weighted by Gasteiger charge is 2.63. The summed E-state index contributed by atoms with van der Waals surface area (Å²) in [4.78, 5) is 18.4. The Hall–Kier alpha value is -2.02. The van der Waals surface area contributed by atoms with Gasteiger partial charge < -0.3 is 9.80 Å². The van der Waals surface area contributed by atoms with Gasteiger partial charge >= 0.3 is 0 Å². The Morgan fingerprint density at radius 3 is 2.41 bits per heavy atom. The molecule has 4 nitrogen and oxygen atoms in total. The highest BCUT2D eigenvalue weighted by molar-refractivity contribution is 5.83. The van der Waals surface area contributed by atoms with E-state index in [2.05, 4.69) is 29.7 Å². The minimum Gasteiger partial charge on any atom is -0.369 e. The molecule has 1 heterocycles. The van der Waals surface area contributed by atoms with Gasteiger partial charge in [0.05, 0.1) is 16.7 Å². The van der Waals surface area contributed by atoms with Crippen molar-refractivity contribution in [3.8, 4) is 6.07 Å². The molecule has 1 aromatic rings. The number of benzene rings is 1. The Labute approximate surface area is 174 Å². The Kier molecular flexibility index (Phi) is 4.25. The maximum atomic E-state index is 13.9. The van der Waals surface area contributed by atoms with Crippen molar-refractivity contribution >= 4 is 11.6 Å². The van der Waals surface area contributed by atoms with Crippen LogP contribution in [0.3, 0.4) is 0 Å². The van der Waals surface area contributed by atoms with Crippen LogP contribution in [0.15, 0.2) is 24.3 Å². The van der Waals surface area contributed by atoms with Crippen LogP contribution in [0.4, 0.5) is 5.69 Å². The third-order valence-corrected chi connectivity index (χ3v) is 8.23. The zero-order chi connectivity index (χ0) is 20.3. The monoisotopic (exact) mass is 391 g/mol. The van der Waals surface area contributed by atoms with Crippen LogP contribution in [0.1, 0.15) is 64.4 Å². The van der Waals surface area contributed by atoms with Gasteiger partial charge in [0, 0.05) is 26.2 Å². The maximum Gasteiger partial charge on any atom is 0.228 e. The molecule has 29 heavy (non-hydrogen) atoms. The quantitative estimate of drug-likeness (QED) is 0.741. The summed E-state index contributed by atoms with van der Waals surface area (Å²) in [6.45, 7) is 8.25. The van der Waals surface area contributed by atoms with Crippen molar-refractivity contribution < 1.29 is 4.79 Å². The third kappa shape index (κ3) is 3.14. The number of hydrogen-bond acceptors (Lipinski definition) is 3. The van der Waals surface area contributed by atoms with Gasteiger partial charge in [0.15, 0.2) is 0 Å². The molecule has 1 aliphatic heterocycles. The number of nitriles is 1. The van der Waals surface area contributed by atoms with Gasteiger partial charge in [-0.2, -0.15) is 5.26 Å². The fraction of sp³-hybridized carbons (Fsp3) is 0.680. The van der Waals surface area contributed by atoms with Crippen molar-refractivity contribution in [2.75, 3.05) is 31.1 Å². The summed E-state index contributed by atoms with van der Waals surface area (Å²) < 4.78 is 0. The number of anilines is 1. The maximum absolute atomic E-state index is 13.9. The van der Waals surface area contributed by atoms with E-state index in [9.17, 15) is 10.1 Å². The first kappa shape index (κ1) is 19.0. The van der Waals surface area contributed by atoms with Gasteiger partial charge in [-0.15, -0.1) is 0 Å². The van der Waals surface area contributed by atoms with Gasteiger partial charge in [0.2, 0.25) is 5.91 Å². The summed E-state index contributed by atoms with van der Waals surface area (Å²) in [5.74, 6) is 1.19. The van der Waals surface area contributed by atoms with Crippen LogP contribution in [-0.4, -0.2) is 37.0 Å². The molecule has 154 valence electrons. The standard InChI is InChI=1S/C25H33N3O/c1-23-12-19-13-24(2,16-23)18-25(14-19,17-23)22(29)28-9-5-8-27(10-11-28)21-7-4-3-6-20(21)15-26/h3-4,6-7,19H,5,8-14,16-18H2,1-2H3. The lowest BCUT2D eigenvalue weighted by Crippen LogP contribution is -2.60. The van der Waals surface area contributed by atoms with E-state index in [-0.39, 0.29) is 5.41 Å². The first-order valence-electron chi connectivity index (χ1n) is 11.4. The minimum absolute atomic E-state index is 0.108. The lowest BCUT2D eigenvalue weighted by molar-refractivity contribution is -0.179. The van der Waals surface area contributed by atoms with Crippen molar-refractivity contribution in [2.24, 2.45) is 22.2 Å². The van der Waals surface area contributed by atoms with Gasteiger partial charge in [-0.1, -0.05) is 26.0 Å². The summed E-state index contributed by atoms with van der Waals surface area (Å²) in [5.41, 5.74) is 2.37. The van der Waals surface area contributed by atoms with E-state index in [0.717, 1.165) is 69.0 Å². The normalized spacial score (nSPS) is 38.6. The van der Waals surface area contributed by atoms with Crippen molar-refractivity contribution in [1.29, 1.82) is 5.26 Å². The van der Waals surface area contributed by atoms with E-state index >= 15 is 0 Å². The van der Waals surface area contributed by atoms with Crippen molar-refractivity contribution in [2.45, 2.75) is 58.8 Å². The molecule has 0 radical (unpaired) electrons. The SMILES string of the molecule is CC12CC3CC(C)(C1)CC(C(=O)N1CCCN(c4ccccc4C#N)CC1)(C3)C2. The predicted molar refractivity (Wildman–Crippen MR) is 114 cm³/mol. The van der Waals surface area contributed by atoms with Crippen LogP contribution in [0.25, 0.3) is 0 Å². The van der Waals surface area contributed by atoms with Crippen LogP contribution >= 0.6 is 0 Å². The Bertz CT molecular complexity index is 853. The van der Waals surface area contributed by atoms with Crippen LogP contribution in [0.5, 0.6) is 0 Å². The molecule has 1 saturated heterocycles. The minimum atomic E-state index is -0.108. The zero-order valence-corrected chi connectivity index (χ0v) is 17.9. The molecule has 2 atom stereocenters. The molecule has 0 N–H and O–H groups in total. The smallest absolute Gasteiger partial charge is 0.228 e. The lowest BCUT2D eigenvalue weighted by atomic mass is 9.40. The summed E-state index contributed by atoms with van der Waals surface area (Å²) in [5, 5.41) is 9.46. The second-order valence-corrected chi connectivity index (χ2v) is 11.2. The first-order valence-corrected chi connectivity index (χ1v) is 11.4. The molecular weight excluding hydrogens is 358 g/mol. The number of nitrogens with zero attached hydrogens (tertiary/aromatic N) is 3. The molecular formula is C25H33N3O. The third-order valence-electron chi connectivity index (χ3n) is 8.23. The molecule has 0 spiro atoms. The molecule has 1 aromatic carbocycles. The average molecular weight is 392 g/mol. The summed E-state index contributed by atoms with van der Waals surface area (Å²) >= 11 is 0. The fourth-order valence-electron chi connectivity index (χ4n) is 8.23. The van der Waals surface area contributed by atoms with Crippen molar-refractivity contribution in [3.63, 3.8) is 0 Å². The Morgan fingerprint density at radius 2 is 1.72 bits per heavy atom. The molecule has 2 unspecified atom stereocenters. The largest absolute Gasteiger partial charge is 0.369 e. The first-order chi connectivity index (χ1) is 13.8. The molecule has 4 aliphatic carbocycles. The molecule has 1 amide bonds. The summed E-state index contributed by atoms with van der Waals surface area (Å²) in [7, 11) is 0. The van der Waals surface area contributed by atoms with E-state index in [4.69, 9.17) is 0 Å². The van der Waals surface area contributed by atoms with E-state index < -0.39 is 0 Å². The molecule has 4 saturated carbocycles. The van der Waals surface area contributed by atoms with E-state index in [1.165, 1.54) is 19.3 Å². The van der Waals surface area contributed by atoms with Crippen molar-refractivity contribution in [3.05, 3.63) is 29.8 Å². The van der Waals surface area contributed by atoms with Crippen LogP contribution in [-0.2, 0) is 4.79 Å². The van der Waals surface area contributed by atoms with Gasteiger partial charge in [-0.3, -0.25) is 4.79 Å². The molecule has 0 aromatic heterocycles. The topological polar surface area (TPSA) is 47.3 Å². The number of para-hydroxylation sites is 1. The lowest BCUT2D eigenvalue weighted by Gasteiger charge is -2.65. The van der Waals surface area contributed by atoms with E-state index in [0.29, 0.717) is 16.7 Å². The Morgan fingerprint density at radius 1 is 1.00 bits per heavy atom. The fourth-order valence-corrected chi connectivity index (χ4v) is 8.23. The number of rotatable bonds is 2. The molecule has 5 aliphatic rings. The highest BCUT2D eigenvalue weighted by Crippen LogP contribution is 2.69. The molecule has 6 rings (SSSR count). The summed E-state index contributed by atoms with van der Waals surface area (Å²) in [6, 6.07) is 10.2. The van der Waals surface area contributed by atoms with Gasteiger partial charge in [0.1, 0.15) is 6.07 Å². The van der Waals surface area contributed by atoms with Crippen molar-refractivity contribution in [1.82, 2.24) is 4.90 Å². The summed E-state index contributed by atoms with van der Waals surface area (Å²) in [6.07, 6.45) is 8.26. The number of carbonyl (C=O) groups is 1. The molecule has 4 heteroatoms. The number of amides is 1. The van der Waals surface area contributed by atoms with E-state index in [1.807, 2.05) is 24.3 Å².